The molecule has 1 spiro atoms. The van der Waals surface area contributed by atoms with E-state index in [1.165, 1.54) is 4.70 Å². The highest BCUT2D eigenvalue weighted by Crippen LogP contribution is 2.54. The molecule has 13 heteroatoms. The Morgan fingerprint density at radius 3 is 1.57 bits per heavy atom. The summed E-state index contributed by atoms with van der Waals surface area (Å²) in [5.74, 6) is 3.22. The van der Waals surface area contributed by atoms with Crippen molar-refractivity contribution in [1.29, 1.82) is 0 Å². The number of methoxy groups -OCH3 is 6. The Morgan fingerprint density at radius 2 is 0.950 bits per heavy atom. The van der Waals surface area contributed by atoms with Gasteiger partial charge in [0.1, 0.15) is 0 Å². The van der Waals surface area contributed by atoms with Gasteiger partial charge in [-0.25, -0.2) is 0 Å². The summed E-state index contributed by atoms with van der Waals surface area (Å²) in [6.07, 6.45) is 0. The molecule has 1 saturated heterocycles. The molecule has 10 rings (SSSR count). The van der Waals surface area contributed by atoms with Crippen molar-refractivity contribution in [2.75, 3.05) is 55.9 Å². The fourth-order valence-corrected chi connectivity index (χ4v) is 11.1. The summed E-state index contributed by atoms with van der Waals surface area (Å²) in [6, 6.07) is 35.5. The highest BCUT2D eigenvalue weighted by atomic mass is 32.2. The van der Waals surface area contributed by atoms with Crippen LogP contribution >= 0.6 is 46.7 Å². The van der Waals surface area contributed by atoms with Gasteiger partial charge in [-0.05, 0) is 48.5 Å². The molecule has 0 atom stereocenters. The Kier molecular flexibility index (Phi) is 12.2. The molecule has 2 aliphatic heterocycles. The minimum atomic E-state index is -0.837. The van der Waals surface area contributed by atoms with Crippen LogP contribution in [0.15, 0.2) is 124 Å². The maximum absolute atomic E-state index is 12.5. The van der Waals surface area contributed by atoms with Crippen molar-refractivity contribution < 1.29 is 37.9 Å². The van der Waals surface area contributed by atoms with Crippen LogP contribution in [0.25, 0.3) is 40.3 Å². The Hall–Kier alpha value is -5.41. The molecule has 0 saturated carbocycles. The summed E-state index contributed by atoms with van der Waals surface area (Å²) in [6.45, 7) is 1.15. The van der Waals surface area contributed by atoms with Crippen LogP contribution in [0.2, 0.25) is 0 Å². The molecule has 9 nitrogen and oxygen atoms in total. The van der Waals surface area contributed by atoms with E-state index in [0.717, 1.165) is 61.4 Å². The number of hydrogen-bond donors (Lipinski definition) is 0. The first-order chi connectivity index (χ1) is 29.3. The van der Waals surface area contributed by atoms with E-state index < -0.39 is 5.79 Å². The lowest BCUT2D eigenvalue weighted by atomic mass is 9.96. The largest absolute Gasteiger partial charge is 0.493 e. The number of hydrogen-bond acceptors (Lipinski definition) is 13. The zero-order valence-corrected chi connectivity index (χ0v) is 36.9. The van der Waals surface area contributed by atoms with E-state index in [4.69, 9.17) is 50.1 Å². The molecule has 0 bridgehead atoms. The first-order valence-electron chi connectivity index (χ1n) is 18.7. The summed E-state index contributed by atoms with van der Waals surface area (Å²) >= 11 is 10.6. The van der Waals surface area contributed by atoms with Gasteiger partial charge in [-0.1, -0.05) is 72.5 Å². The molecule has 8 aromatic rings. The van der Waals surface area contributed by atoms with Crippen LogP contribution < -0.4 is 33.8 Å². The highest BCUT2D eigenvalue weighted by Gasteiger charge is 2.47. The zero-order valence-electron chi connectivity index (χ0n) is 33.6. The Labute approximate surface area is 363 Å². The van der Waals surface area contributed by atoms with Crippen LogP contribution in [-0.4, -0.2) is 55.9 Å². The van der Waals surface area contributed by atoms with Gasteiger partial charge < -0.3 is 37.9 Å². The summed E-state index contributed by atoms with van der Waals surface area (Å²) in [5.41, 5.74) is 2.06. The number of benzene rings is 6. The minimum absolute atomic E-state index is 0.0327. The molecular weight excluding hydrogens is 837 g/mol. The van der Waals surface area contributed by atoms with Crippen LogP contribution in [0.4, 0.5) is 0 Å². The smallest absolute Gasteiger partial charge is 0.224 e. The summed E-state index contributed by atoms with van der Waals surface area (Å²) in [4.78, 5) is 14.7. The van der Waals surface area contributed by atoms with E-state index in [-0.39, 0.29) is 5.43 Å². The molecule has 0 unspecified atom stereocenters. The lowest BCUT2D eigenvalue weighted by Gasteiger charge is -2.35. The van der Waals surface area contributed by atoms with Crippen LogP contribution in [0.1, 0.15) is 11.1 Å². The van der Waals surface area contributed by atoms with Crippen molar-refractivity contribution in [2.24, 2.45) is 0 Å². The third-order valence-corrected chi connectivity index (χ3v) is 14.0. The molecular formula is C47H40O9S4. The van der Waals surface area contributed by atoms with Crippen LogP contribution in [0.3, 0.4) is 0 Å². The van der Waals surface area contributed by atoms with Crippen molar-refractivity contribution >= 4 is 87.0 Å². The number of ether oxygens (including phenoxy) is 8. The molecule has 2 aliphatic rings. The predicted octanol–water partition coefficient (Wildman–Crippen LogP) is 11.6. The fraction of sp³-hybridized carbons (Fsp3) is 0.191. The van der Waals surface area contributed by atoms with Crippen molar-refractivity contribution in [1.82, 2.24) is 0 Å². The van der Waals surface area contributed by atoms with E-state index in [1.54, 1.807) is 83.2 Å². The monoisotopic (exact) mass is 876 g/mol. The molecule has 0 aliphatic carbocycles. The predicted molar refractivity (Wildman–Crippen MR) is 245 cm³/mol. The molecule has 0 N–H and O–H groups in total. The Morgan fingerprint density at radius 1 is 0.483 bits per heavy atom. The average Bonchev–Trinajstić information content (AvgIpc) is 3.79. The molecule has 1 fully saturated rings. The summed E-state index contributed by atoms with van der Waals surface area (Å²) in [5, 5.41) is 3.56. The molecule has 306 valence electrons. The van der Waals surface area contributed by atoms with Gasteiger partial charge in [0.2, 0.25) is 5.79 Å². The van der Waals surface area contributed by atoms with Gasteiger partial charge in [0.15, 0.2) is 39.9 Å². The van der Waals surface area contributed by atoms with Gasteiger partial charge in [0.25, 0.3) is 0 Å². The molecule has 2 aromatic heterocycles. The molecule has 0 amide bonds. The zero-order chi connectivity index (χ0) is 42.0. The van der Waals surface area contributed by atoms with Crippen molar-refractivity contribution in [2.45, 2.75) is 15.6 Å². The van der Waals surface area contributed by atoms with Crippen molar-refractivity contribution in [3.8, 4) is 34.5 Å². The van der Waals surface area contributed by atoms with Gasteiger partial charge in [0.05, 0.1) is 60.4 Å². The summed E-state index contributed by atoms with van der Waals surface area (Å²) < 4.78 is 49.3. The third kappa shape index (κ3) is 7.50. The standard InChI is InChI=1S/C17H16O4S.C15H12O3S.C15H12O2S2/c1-18-13-9-12-16(10-14(13)19-2)22-15-6-4-3-5-11(15)17(12)20-7-8-21-17;1-17-11-7-10-14(8-12(11)18-2)19-13-6-4-3-5-9(13)15(10)16;1-16-11-7-10-14(8-12(11)17-2)19-13-6-4-3-5-9(13)15(10)18/h3-6,9-10H,7-8H2,1-2H3;2*3-8H,1-2H3. The maximum atomic E-state index is 12.5. The molecule has 6 aromatic carbocycles. The van der Waals surface area contributed by atoms with Crippen molar-refractivity contribution in [3.63, 3.8) is 0 Å². The van der Waals surface area contributed by atoms with Crippen LogP contribution in [0, 0.1) is 4.51 Å². The normalized spacial score (nSPS) is 13.4. The Bertz CT molecular complexity index is 2870. The van der Waals surface area contributed by atoms with Gasteiger partial charge in [-0.3, -0.25) is 4.79 Å². The SMILES string of the molecule is COc1cc2c(cc1OC)C1(OCCO1)c1ccccc1S2.COc1cc2sc3ccccc3c(=O)c2cc1OC.COc1cc2sc3ccccc3c(=S)c2cc1OC. The second kappa shape index (κ2) is 17.7. The Balaban J connectivity index is 0.000000125. The molecule has 60 heavy (non-hydrogen) atoms. The quantitative estimate of drug-likeness (QED) is 0.118. The highest BCUT2D eigenvalue weighted by molar-refractivity contribution is 7.99. The first-order valence-corrected chi connectivity index (χ1v) is 21.6. The van der Waals surface area contributed by atoms with Gasteiger partial charge >= 0.3 is 0 Å². The topological polar surface area (TPSA) is 90.9 Å². The third-order valence-electron chi connectivity index (χ3n) is 10.2. The lowest BCUT2D eigenvalue weighted by Crippen LogP contribution is -2.32. The van der Waals surface area contributed by atoms with Gasteiger partial charge in [-0.15, -0.1) is 22.7 Å². The second-order valence-corrected chi connectivity index (χ2v) is 17.0. The average molecular weight is 877 g/mol. The number of rotatable bonds is 6. The maximum Gasteiger partial charge on any atom is 0.224 e. The molecule has 4 heterocycles. The van der Waals surface area contributed by atoms with E-state index >= 15 is 0 Å². The van der Waals surface area contributed by atoms with E-state index in [0.29, 0.717) is 47.3 Å². The van der Waals surface area contributed by atoms with Crippen LogP contribution in [-0.2, 0) is 15.3 Å². The van der Waals surface area contributed by atoms with Gasteiger partial charge in [0, 0.05) is 73.4 Å². The second-order valence-electron chi connectivity index (χ2n) is 13.4. The van der Waals surface area contributed by atoms with E-state index in [2.05, 4.69) is 24.3 Å². The van der Waals surface area contributed by atoms with Crippen LogP contribution in [0.5, 0.6) is 34.5 Å². The van der Waals surface area contributed by atoms with E-state index in [1.807, 2.05) is 78.9 Å². The fourth-order valence-electron chi connectivity index (χ4n) is 7.27. The van der Waals surface area contributed by atoms with Crippen molar-refractivity contribution in [3.05, 3.63) is 135 Å². The minimum Gasteiger partial charge on any atom is -0.493 e. The molecule has 0 radical (unpaired) electrons. The summed E-state index contributed by atoms with van der Waals surface area (Å²) in [7, 11) is 9.72. The van der Waals surface area contributed by atoms with E-state index in [9.17, 15) is 4.79 Å². The lowest BCUT2D eigenvalue weighted by molar-refractivity contribution is -0.134. The number of fused-ring (bicyclic) bond motifs is 8. The van der Waals surface area contributed by atoms with Gasteiger partial charge in [-0.2, -0.15) is 0 Å². The first kappa shape index (κ1) is 41.3.